The number of nitrogens with zero attached hydrogens (tertiary/aromatic N) is 1. The highest BCUT2D eigenvalue weighted by Crippen LogP contribution is 2.53. The van der Waals surface area contributed by atoms with Crippen molar-refractivity contribution >= 4 is 42.0 Å². The van der Waals surface area contributed by atoms with E-state index in [0.717, 1.165) is 15.8 Å². The summed E-state index contributed by atoms with van der Waals surface area (Å²) in [5.41, 5.74) is 1.70. The van der Waals surface area contributed by atoms with Gasteiger partial charge in [-0.15, -0.1) is 0 Å². The van der Waals surface area contributed by atoms with Gasteiger partial charge in [-0.25, -0.2) is 0 Å². The Hall–Kier alpha value is -3.89. The fourth-order valence-corrected chi connectivity index (χ4v) is 7.85. The molecule has 4 amide bonds. The quantitative estimate of drug-likeness (QED) is 0.137. The van der Waals surface area contributed by atoms with Crippen LogP contribution in [0.5, 0.6) is 0 Å². The van der Waals surface area contributed by atoms with E-state index in [9.17, 15) is 23.7 Å². The third kappa shape index (κ3) is 8.53. The summed E-state index contributed by atoms with van der Waals surface area (Å²) in [6, 6.07) is 18.2. The number of hydrogen-bond donors (Lipinski definition) is 3. The molecule has 0 aliphatic carbocycles. The maximum atomic E-state index is 14.3. The van der Waals surface area contributed by atoms with E-state index in [1.54, 1.807) is 38.1 Å². The molecule has 0 aromatic heterocycles. The number of carbonyl (C=O) groups is 4. The second-order valence-electron chi connectivity index (χ2n) is 11.9. The Bertz CT molecular complexity index is 1570. The summed E-state index contributed by atoms with van der Waals surface area (Å²) in [6.45, 7) is 7.32. The number of carbonyl (C=O) groups excluding carboxylic acids is 4. The Morgan fingerprint density at radius 3 is 1.96 bits per heavy atom. The number of imide groups is 1. The van der Waals surface area contributed by atoms with E-state index < -0.39 is 43.2 Å². The van der Waals surface area contributed by atoms with E-state index in [0.29, 0.717) is 22.9 Å². The summed E-state index contributed by atoms with van der Waals surface area (Å²) >= 11 is 0. The van der Waals surface area contributed by atoms with Crippen molar-refractivity contribution in [3.05, 3.63) is 83.4 Å². The maximum Gasteiger partial charge on any atom is 0.347 e. The van der Waals surface area contributed by atoms with Crippen molar-refractivity contribution in [2.75, 3.05) is 26.8 Å². The smallest absolute Gasteiger partial charge is 0.347 e. The van der Waals surface area contributed by atoms with E-state index in [4.69, 9.17) is 9.05 Å². The predicted octanol–water partition coefficient (Wildman–Crippen LogP) is 4.90. The van der Waals surface area contributed by atoms with Gasteiger partial charge in [-0.05, 0) is 55.7 Å². The molecule has 1 unspecified atom stereocenters. The molecule has 1 aliphatic heterocycles. The molecular weight excluding hydrogens is 619 g/mol. The maximum absolute atomic E-state index is 14.3. The molecule has 3 atom stereocenters. The van der Waals surface area contributed by atoms with E-state index in [-0.39, 0.29) is 44.4 Å². The fourth-order valence-electron chi connectivity index (χ4n) is 5.90. The summed E-state index contributed by atoms with van der Waals surface area (Å²) in [5.74, 6) is -2.74. The summed E-state index contributed by atoms with van der Waals surface area (Å²) in [4.78, 5) is 55.1. The molecule has 4 rings (SSSR count). The minimum absolute atomic E-state index is 0.0162. The lowest BCUT2D eigenvalue weighted by atomic mass is 9.94. The van der Waals surface area contributed by atoms with Crippen LogP contribution in [-0.2, 0) is 29.6 Å². The number of hydrogen-bond acceptors (Lipinski definition) is 8. The van der Waals surface area contributed by atoms with Gasteiger partial charge in [0.05, 0.1) is 19.3 Å². The van der Waals surface area contributed by atoms with Gasteiger partial charge in [0.2, 0.25) is 11.8 Å². The van der Waals surface area contributed by atoms with Crippen LogP contribution in [0, 0.1) is 5.92 Å². The number of amides is 4. The van der Waals surface area contributed by atoms with Crippen molar-refractivity contribution < 1.29 is 32.8 Å². The predicted molar refractivity (Wildman–Crippen MR) is 181 cm³/mol. The topological polar surface area (TPSA) is 143 Å². The van der Waals surface area contributed by atoms with Gasteiger partial charge in [0, 0.05) is 36.5 Å². The molecule has 1 heterocycles. The van der Waals surface area contributed by atoms with Gasteiger partial charge >= 0.3 is 7.60 Å². The van der Waals surface area contributed by atoms with Gasteiger partial charge in [0.1, 0.15) is 11.8 Å². The molecule has 3 aromatic carbocycles. The average Bonchev–Trinajstić information content (AvgIpc) is 3.05. The molecule has 3 N–H and O–H groups in total. The van der Waals surface area contributed by atoms with Crippen LogP contribution in [0.3, 0.4) is 0 Å². The zero-order valence-electron chi connectivity index (χ0n) is 27.7. The first-order chi connectivity index (χ1) is 22.5. The van der Waals surface area contributed by atoms with Crippen molar-refractivity contribution in [2.24, 2.45) is 5.92 Å². The van der Waals surface area contributed by atoms with E-state index in [1.807, 2.05) is 56.3 Å². The summed E-state index contributed by atoms with van der Waals surface area (Å²) < 4.78 is 25.7. The molecule has 47 heavy (non-hydrogen) atoms. The highest BCUT2D eigenvalue weighted by atomic mass is 31.2. The normalized spacial score (nSPS) is 15.1. The number of nitrogens with one attached hydrogen (secondary N) is 3. The van der Waals surface area contributed by atoms with Gasteiger partial charge in [-0.1, -0.05) is 68.4 Å². The molecule has 0 bridgehead atoms. The van der Waals surface area contributed by atoms with Crippen LogP contribution in [0.15, 0.2) is 66.7 Å². The van der Waals surface area contributed by atoms with Crippen LogP contribution >= 0.6 is 7.60 Å². The summed E-state index contributed by atoms with van der Waals surface area (Å²) in [7, 11) is -2.41. The molecule has 0 saturated heterocycles. The van der Waals surface area contributed by atoms with Gasteiger partial charge in [0.15, 0.2) is 0 Å². The van der Waals surface area contributed by atoms with Crippen molar-refractivity contribution in [3.63, 3.8) is 0 Å². The Balaban J connectivity index is 1.62. The highest BCUT2D eigenvalue weighted by Gasteiger charge is 2.41. The Morgan fingerprint density at radius 2 is 1.43 bits per heavy atom. The van der Waals surface area contributed by atoms with E-state index >= 15 is 0 Å². The molecule has 0 fully saturated rings. The first-order valence-corrected chi connectivity index (χ1v) is 17.7. The van der Waals surface area contributed by atoms with Crippen LogP contribution in [0.1, 0.15) is 66.8 Å². The van der Waals surface area contributed by atoms with Gasteiger partial charge in [0.25, 0.3) is 11.8 Å². The number of rotatable bonds is 17. The zero-order valence-corrected chi connectivity index (χ0v) is 28.5. The molecule has 1 aliphatic rings. The van der Waals surface area contributed by atoms with E-state index in [2.05, 4.69) is 16.0 Å². The van der Waals surface area contributed by atoms with Crippen molar-refractivity contribution in [3.8, 4) is 0 Å². The standard InChI is InChI=1S/C35H45N4O7P/c1-6-45-47(44,46-7-2)30(19-20-39-34(42)26-17-11-15-25-16-12-18-27(31(25)26)35(39)43)37-28(21-23(3)4)33(41)38-29(32(40)36-5)22-24-13-9-8-10-14-24/h8-18,23,28-30,37H,6-7,19-22H2,1-5H3,(H,36,40)(H,38,41)/t28-,29?,30-/m0/s1. The molecule has 0 saturated carbocycles. The summed E-state index contributed by atoms with van der Waals surface area (Å²) in [6.07, 6.45) is 0.592. The zero-order chi connectivity index (χ0) is 34.1. The van der Waals surface area contributed by atoms with Crippen molar-refractivity contribution in [1.82, 2.24) is 20.9 Å². The first kappa shape index (κ1) is 36.0. The Morgan fingerprint density at radius 1 is 0.830 bits per heavy atom. The molecule has 252 valence electrons. The SMILES string of the molecule is CCOP(=O)(OCC)[C@@H](CCN1C(=O)c2cccc3cccc(c23)C1=O)N[C@@H](CC(C)C)C(=O)NC(Cc1ccccc1)C(=O)NC. The first-order valence-electron chi connectivity index (χ1n) is 16.1. The van der Waals surface area contributed by atoms with Gasteiger partial charge in [-0.2, -0.15) is 0 Å². The van der Waals surface area contributed by atoms with Crippen LogP contribution in [0.4, 0.5) is 0 Å². The molecule has 0 spiro atoms. The Labute approximate surface area is 276 Å². The van der Waals surface area contributed by atoms with Crippen LogP contribution in [0.25, 0.3) is 10.8 Å². The fraction of sp³-hybridized carbons (Fsp3) is 0.429. The lowest BCUT2D eigenvalue weighted by Gasteiger charge is -2.33. The van der Waals surface area contributed by atoms with E-state index in [1.165, 1.54) is 7.05 Å². The lowest BCUT2D eigenvalue weighted by molar-refractivity contribution is -0.130. The monoisotopic (exact) mass is 664 g/mol. The second kappa shape index (κ2) is 16.3. The van der Waals surface area contributed by atoms with Gasteiger partial charge < -0.3 is 19.7 Å². The van der Waals surface area contributed by atoms with Crippen LogP contribution < -0.4 is 16.0 Å². The molecule has 0 radical (unpaired) electrons. The third-order valence-corrected chi connectivity index (χ3v) is 10.5. The third-order valence-electron chi connectivity index (χ3n) is 8.06. The van der Waals surface area contributed by atoms with Crippen molar-refractivity contribution in [1.29, 1.82) is 0 Å². The number of benzene rings is 3. The largest absolute Gasteiger partial charge is 0.357 e. The van der Waals surface area contributed by atoms with Crippen LogP contribution in [0.2, 0.25) is 0 Å². The minimum atomic E-state index is -3.92. The highest BCUT2D eigenvalue weighted by molar-refractivity contribution is 7.54. The van der Waals surface area contributed by atoms with Crippen LogP contribution in [-0.4, -0.2) is 73.2 Å². The van der Waals surface area contributed by atoms with Crippen molar-refractivity contribution in [2.45, 2.75) is 64.8 Å². The number of likely N-dealkylation sites (N-methyl/N-ethyl adjacent to an activating group) is 1. The molecule has 12 heteroatoms. The summed E-state index contributed by atoms with van der Waals surface area (Å²) in [5, 5.41) is 10.1. The second-order valence-corrected chi connectivity index (χ2v) is 14.1. The molecule has 11 nitrogen and oxygen atoms in total. The average molecular weight is 665 g/mol. The van der Waals surface area contributed by atoms with Gasteiger partial charge in [-0.3, -0.25) is 34.0 Å². The minimum Gasteiger partial charge on any atom is -0.357 e. The Kier molecular flexibility index (Phi) is 12.5. The molecule has 3 aromatic rings. The molecular formula is C35H45N4O7P. The lowest BCUT2D eigenvalue weighted by Crippen LogP contribution is -2.55.